The summed E-state index contributed by atoms with van der Waals surface area (Å²) in [7, 11) is 1.57. The molecule has 2 aromatic rings. The van der Waals surface area contributed by atoms with Gasteiger partial charge in [0, 0.05) is 5.02 Å². The number of carbonyl (C=O) groups excluding carboxylic acids is 2. The number of halogens is 1. The van der Waals surface area contributed by atoms with Crippen molar-refractivity contribution in [3.8, 4) is 11.5 Å². The van der Waals surface area contributed by atoms with Gasteiger partial charge in [0.25, 0.3) is 11.1 Å². The lowest BCUT2D eigenvalue weighted by atomic mass is 10.1. The van der Waals surface area contributed by atoms with Gasteiger partial charge in [0.2, 0.25) is 0 Å². The molecule has 7 heteroatoms. The molecule has 0 aromatic heterocycles. The second-order valence-electron chi connectivity index (χ2n) is 6.64. The summed E-state index contributed by atoms with van der Waals surface area (Å²) in [5, 5.41) is 0.265. The monoisotopic (exact) mass is 431 g/mol. The van der Waals surface area contributed by atoms with Crippen LogP contribution in [0.5, 0.6) is 11.5 Å². The fraction of sp³-hybridized carbons (Fsp3) is 0.273. The van der Waals surface area contributed by atoms with Crippen molar-refractivity contribution in [3.05, 3.63) is 63.5 Å². The van der Waals surface area contributed by atoms with Crippen molar-refractivity contribution in [2.45, 2.75) is 32.9 Å². The summed E-state index contributed by atoms with van der Waals surface area (Å²) in [6.07, 6.45) is 2.64. The van der Waals surface area contributed by atoms with E-state index in [0.717, 1.165) is 29.3 Å². The largest absolute Gasteiger partial charge is 0.493 e. The molecule has 152 valence electrons. The van der Waals surface area contributed by atoms with E-state index < -0.39 is 0 Å². The summed E-state index contributed by atoms with van der Waals surface area (Å²) in [6, 6.07) is 12.6. The summed E-state index contributed by atoms with van der Waals surface area (Å²) < 4.78 is 11.3. The lowest BCUT2D eigenvalue weighted by Crippen LogP contribution is -2.27. The normalized spacial score (nSPS) is 16.4. The first-order valence-electron chi connectivity index (χ1n) is 9.25. The maximum atomic E-state index is 12.7. The Labute approximate surface area is 179 Å². The van der Waals surface area contributed by atoms with Crippen molar-refractivity contribution in [2.75, 3.05) is 7.11 Å². The number of hydrogen-bond donors (Lipinski definition) is 0. The van der Waals surface area contributed by atoms with E-state index in [1.54, 1.807) is 37.5 Å². The molecule has 1 atom stereocenters. The summed E-state index contributed by atoms with van der Waals surface area (Å²) in [6.45, 7) is 4.22. The van der Waals surface area contributed by atoms with Crippen LogP contribution >= 0.6 is 23.4 Å². The Balaban J connectivity index is 1.80. The van der Waals surface area contributed by atoms with Crippen molar-refractivity contribution in [1.82, 2.24) is 4.90 Å². The van der Waals surface area contributed by atoms with Gasteiger partial charge in [-0.25, -0.2) is 0 Å². The van der Waals surface area contributed by atoms with Gasteiger partial charge in [-0.05, 0) is 66.6 Å². The molecule has 0 N–H and O–H groups in total. The van der Waals surface area contributed by atoms with Crippen molar-refractivity contribution in [3.63, 3.8) is 0 Å². The highest BCUT2D eigenvalue weighted by Crippen LogP contribution is 2.35. The summed E-state index contributed by atoms with van der Waals surface area (Å²) >= 11 is 6.92. The number of hydrogen-bond acceptors (Lipinski definition) is 5. The van der Waals surface area contributed by atoms with Crippen molar-refractivity contribution >= 4 is 40.6 Å². The molecule has 0 spiro atoms. The molecule has 3 rings (SSSR count). The first-order chi connectivity index (χ1) is 13.9. The fourth-order valence-corrected chi connectivity index (χ4v) is 3.83. The number of amides is 2. The van der Waals surface area contributed by atoms with Crippen molar-refractivity contribution in [1.29, 1.82) is 0 Å². The molecule has 2 aromatic carbocycles. The van der Waals surface area contributed by atoms with Crippen LogP contribution in [-0.2, 0) is 11.3 Å². The maximum absolute atomic E-state index is 12.7. The predicted molar refractivity (Wildman–Crippen MR) is 116 cm³/mol. The van der Waals surface area contributed by atoms with Crippen LogP contribution in [0.3, 0.4) is 0 Å². The number of nitrogens with zero attached hydrogens (tertiary/aromatic N) is 1. The van der Waals surface area contributed by atoms with Gasteiger partial charge in [-0.15, -0.1) is 0 Å². The molecular weight excluding hydrogens is 410 g/mol. The van der Waals surface area contributed by atoms with Gasteiger partial charge in [0.05, 0.1) is 24.7 Å². The van der Waals surface area contributed by atoms with Crippen LogP contribution in [0.4, 0.5) is 4.79 Å². The Morgan fingerprint density at radius 1 is 1.17 bits per heavy atom. The van der Waals surface area contributed by atoms with Crippen LogP contribution in [0.15, 0.2) is 47.4 Å². The Morgan fingerprint density at radius 2 is 1.97 bits per heavy atom. The van der Waals surface area contributed by atoms with Gasteiger partial charge in [-0.3, -0.25) is 14.5 Å². The number of benzene rings is 2. The van der Waals surface area contributed by atoms with Crippen LogP contribution in [0.25, 0.3) is 6.08 Å². The molecule has 1 unspecified atom stereocenters. The van der Waals surface area contributed by atoms with Crippen LogP contribution in [0, 0.1) is 0 Å². The van der Waals surface area contributed by atoms with E-state index in [1.807, 2.05) is 32.0 Å². The number of thioether (sulfide) groups is 1. The van der Waals surface area contributed by atoms with E-state index in [4.69, 9.17) is 21.1 Å². The first-order valence-corrected chi connectivity index (χ1v) is 10.4. The zero-order valence-electron chi connectivity index (χ0n) is 16.5. The molecule has 29 heavy (non-hydrogen) atoms. The molecule has 1 aliphatic rings. The summed E-state index contributed by atoms with van der Waals surface area (Å²) in [5.41, 5.74) is 1.56. The van der Waals surface area contributed by atoms with E-state index in [1.165, 1.54) is 4.90 Å². The van der Waals surface area contributed by atoms with E-state index in [9.17, 15) is 9.59 Å². The van der Waals surface area contributed by atoms with E-state index in [2.05, 4.69) is 0 Å². The number of methoxy groups -OCH3 is 1. The minimum absolute atomic E-state index is 0.0674. The average molecular weight is 432 g/mol. The third kappa shape index (κ3) is 5.14. The van der Waals surface area contributed by atoms with Gasteiger partial charge >= 0.3 is 0 Å². The minimum Gasteiger partial charge on any atom is -0.493 e. The highest BCUT2D eigenvalue weighted by Gasteiger charge is 2.35. The van der Waals surface area contributed by atoms with Crippen LogP contribution in [0.2, 0.25) is 5.02 Å². The number of imide groups is 1. The zero-order chi connectivity index (χ0) is 21.0. The summed E-state index contributed by atoms with van der Waals surface area (Å²) in [4.78, 5) is 26.7. The maximum Gasteiger partial charge on any atom is 0.293 e. The van der Waals surface area contributed by atoms with Gasteiger partial charge < -0.3 is 9.47 Å². The molecular formula is C22H22ClNO4S. The lowest BCUT2D eigenvalue weighted by Gasteiger charge is -2.15. The molecule has 0 radical (unpaired) electrons. The number of ether oxygens (including phenoxy) is 2. The van der Waals surface area contributed by atoms with Crippen LogP contribution < -0.4 is 9.47 Å². The molecule has 1 heterocycles. The minimum atomic E-state index is -0.320. The summed E-state index contributed by atoms with van der Waals surface area (Å²) in [5.74, 6) is 0.907. The number of carbonyl (C=O) groups is 2. The van der Waals surface area contributed by atoms with Crippen LogP contribution in [-0.4, -0.2) is 29.3 Å². The Morgan fingerprint density at radius 3 is 2.66 bits per heavy atom. The Kier molecular flexibility index (Phi) is 6.87. The topological polar surface area (TPSA) is 55.8 Å². The molecule has 0 saturated carbocycles. The van der Waals surface area contributed by atoms with E-state index >= 15 is 0 Å². The molecule has 1 fully saturated rings. The Bertz CT molecular complexity index is 960. The highest BCUT2D eigenvalue weighted by atomic mass is 35.5. The predicted octanol–water partition coefficient (Wildman–Crippen LogP) is 5.76. The zero-order valence-corrected chi connectivity index (χ0v) is 18.0. The SMILES string of the molecule is CCC(C)Oc1ccc(/C=C2\SC(=O)N(Cc3cccc(Cl)c3)C2=O)cc1OC. The lowest BCUT2D eigenvalue weighted by molar-refractivity contribution is -0.123. The average Bonchev–Trinajstić information content (AvgIpc) is 2.96. The van der Waals surface area contributed by atoms with E-state index in [0.29, 0.717) is 21.4 Å². The van der Waals surface area contributed by atoms with Gasteiger partial charge in [-0.2, -0.15) is 0 Å². The Hall–Kier alpha value is -2.44. The van der Waals surface area contributed by atoms with Gasteiger partial charge in [-0.1, -0.05) is 36.7 Å². The molecule has 2 amide bonds. The molecule has 5 nitrogen and oxygen atoms in total. The van der Waals surface area contributed by atoms with Gasteiger partial charge in [0.15, 0.2) is 11.5 Å². The van der Waals surface area contributed by atoms with Crippen molar-refractivity contribution < 1.29 is 19.1 Å². The molecule has 1 aliphatic heterocycles. The second-order valence-corrected chi connectivity index (χ2v) is 8.07. The third-order valence-corrected chi connectivity index (χ3v) is 5.63. The smallest absolute Gasteiger partial charge is 0.293 e. The van der Waals surface area contributed by atoms with E-state index in [-0.39, 0.29) is 23.8 Å². The molecule has 1 saturated heterocycles. The highest BCUT2D eigenvalue weighted by molar-refractivity contribution is 8.18. The molecule has 0 aliphatic carbocycles. The second kappa shape index (κ2) is 9.37. The molecule has 0 bridgehead atoms. The standard InChI is InChI=1S/C22H22ClNO4S/c1-4-14(2)28-18-9-8-15(11-19(18)27-3)12-20-21(25)24(22(26)29-20)13-16-6-5-7-17(23)10-16/h5-12,14H,4,13H2,1-3H3/b20-12-. The third-order valence-electron chi connectivity index (χ3n) is 4.49. The first kappa shape index (κ1) is 21.3. The van der Waals surface area contributed by atoms with Crippen molar-refractivity contribution in [2.24, 2.45) is 0 Å². The fourth-order valence-electron chi connectivity index (χ4n) is 2.78. The number of rotatable bonds is 7. The quantitative estimate of drug-likeness (QED) is 0.521. The van der Waals surface area contributed by atoms with Crippen LogP contribution in [0.1, 0.15) is 31.4 Å². The van der Waals surface area contributed by atoms with Gasteiger partial charge in [0.1, 0.15) is 0 Å².